The maximum Gasteiger partial charge on any atom is 0.0352 e. The maximum absolute atomic E-state index is 2.34. The van der Waals surface area contributed by atoms with E-state index < -0.39 is 0 Å². The molecule has 0 fully saturated rings. The van der Waals surface area contributed by atoms with Gasteiger partial charge in [-0.25, -0.2) is 0 Å². The summed E-state index contributed by atoms with van der Waals surface area (Å²) in [5, 5.41) is 0. The number of fused-ring (bicyclic) bond motifs is 1. The zero-order chi connectivity index (χ0) is 14.1. The van der Waals surface area contributed by atoms with E-state index in [9.17, 15) is 0 Å². The molecular formula is C21H16. The Balaban J connectivity index is 1.90. The number of allylic oxidation sites excluding steroid dienone is 1. The Hall–Kier alpha value is -2.60. The quantitative estimate of drug-likeness (QED) is 0.586. The van der Waals surface area contributed by atoms with Crippen LogP contribution in [0.5, 0.6) is 0 Å². The Labute approximate surface area is 125 Å². The van der Waals surface area contributed by atoms with Crippen molar-refractivity contribution in [1.82, 2.24) is 0 Å². The molecule has 0 spiro atoms. The van der Waals surface area contributed by atoms with Crippen molar-refractivity contribution in [3.8, 4) is 0 Å². The van der Waals surface area contributed by atoms with Crippen LogP contribution < -0.4 is 0 Å². The smallest absolute Gasteiger partial charge is 0.0352 e. The fourth-order valence-corrected chi connectivity index (χ4v) is 3.21. The highest BCUT2D eigenvalue weighted by Gasteiger charge is 2.26. The van der Waals surface area contributed by atoms with Crippen molar-refractivity contribution in [2.75, 3.05) is 0 Å². The Bertz CT molecular complexity index is 783. The highest BCUT2D eigenvalue weighted by atomic mass is 14.3. The summed E-state index contributed by atoms with van der Waals surface area (Å²) >= 11 is 0. The van der Waals surface area contributed by atoms with Crippen molar-refractivity contribution < 1.29 is 0 Å². The van der Waals surface area contributed by atoms with Crippen molar-refractivity contribution in [2.45, 2.75) is 5.92 Å². The van der Waals surface area contributed by atoms with Gasteiger partial charge in [-0.1, -0.05) is 84.9 Å². The van der Waals surface area contributed by atoms with Gasteiger partial charge in [0.2, 0.25) is 0 Å². The van der Waals surface area contributed by atoms with Crippen LogP contribution >= 0.6 is 0 Å². The van der Waals surface area contributed by atoms with Crippen LogP contribution in [0.3, 0.4) is 0 Å². The molecule has 0 bridgehead atoms. The van der Waals surface area contributed by atoms with E-state index in [0.29, 0.717) is 5.92 Å². The van der Waals surface area contributed by atoms with E-state index in [1.807, 2.05) is 0 Å². The van der Waals surface area contributed by atoms with Crippen LogP contribution in [-0.2, 0) is 0 Å². The summed E-state index contributed by atoms with van der Waals surface area (Å²) in [5.74, 6) is 0.338. The zero-order valence-electron chi connectivity index (χ0n) is 11.7. The third-order valence-electron chi connectivity index (χ3n) is 4.17. The molecule has 4 rings (SSSR count). The molecule has 1 aliphatic carbocycles. The van der Waals surface area contributed by atoms with E-state index in [0.717, 1.165) is 0 Å². The van der Waals surface area contributed by atoms with E-state index in [2.05, 4.69) is 91.0 Å². The Morgan fingerprint density at radius 1 is 0.571 bits per heavy atom. The summed E-state index contributed by atoms with van der Waals surface area (Å²) in [5.41, 5.74) is 6.80. The highest BCUT2D eigenvalue weighted by Crippen LogP contribution is 2.45. The Kier molecular flexibility index (Phi) is 2.93. The monoisotopic (exact) mass is 268 g/mol. The van der Waals surface area contributed by atoms with Gasteiger partial charge in [0.1, 0.15) is 0 Å². The molecule has 0 aliphatic heterocycles. The molecule has 0 heteroatoms. The minimum atomic E-state index is 0.338. The average Bonchev–Trinajstić information content (AvgIpc) is 2.96. The normalized spacial score (nSPS) is 16.4. The lowest BCUT2D eigenvalue weighted by molar-refractivity contribution is 1.07. The molecule has 100 valence electrons. The maximum atomic E-state index is 2.34. The molecule has 3 aromatic rings. The summed E-state index contributed by atoms with van der Waals surface area (Å²) in [6.07, 6.45) is 2.34. The second kappa shape index (κ2) is 5.06. The van der Waals surface area contributed by atoms with E-state index in [-0.39, 0.29) is 0 Å². The predicted molar refractivity (Wildman–Crippen MR) is 89.0 cm³/mol. The van der Waals surface area contributed by atoms with Gasteiger partial charge in [0.25, 0.3) is 0 Å². The number of hydrogen-bond donors (Lipinski definition) is 0. The fourth-order valence-electron chi connectivity index (χ4n) is 3.21. The van der Waals surface area contributed by atoms with E-state index in [4.69, 9.17) is 0 Å². The first-order valence-corrected chi connectivity index (χ1v) is 7.34. The van der Waals surface area contributed by atoms with E-state index in [1.165, 1.54) is 27.8 Å². The number of benzene rings is 3. The van der Waals surface area contributed by atoms with Crippen LogP contribution in [0.2, 0.25) is 0 Å². The molecule has 1 aliphatic rings. The first-order chi connectivity index (χ1) is 10.4. The molecular weight excluding hydrogens is 252 g/mol. The van der Waals surface area contributed by atoms with Crippen molar-refractivity contribution in [1.29, 1.82) is 0 Å². The van der Waals surface area contributed by atoms with Gasteiger partial charge >= 0.3 is 0 Å². The molecule has 0 saturated carbocycles. The van der Waals surface area contributed by atoms with E-state index >= 15 is 0 Å². The molecule has 0 heterocycles. The lowest BCUT2D eigenvalue weighted by atomic mass is 9.85. The topological polar surface area (TPSA) is 0 Å². The SMILES string of the molecule is C1=C(c2ccccc2)C(c2ccccc2)c2ccccc21. The van der Waals surface area contributed by atoms with Crippen molar-refractivity contribution >= 4 is 11.6 Å². The van der Waals surface area contributed by atoms with Crippen molar-refractivity contribution in [3.63, 3.8) is 0 Å². The van der Waals surface area contributed by atoms with Crippen molar-refractivity contribution in [3.05, 3.63) is 107 Å². The Morgan fingerprint density at radius 2 is 1.19 bits per heavy atom. The molecule has 21 heavy (non-hydrogen) atoms. The van der Waals surface area contributed by atoms with Crippen molar-refractivity contribution in [2.24, 2.45) is 0 Å². The molecule has 0 nitrogen and oxygen atoms in total. The van der Waals surface area contributed by atoms with Crippen LogP contribution in [0.25, 0.3) is 11.6 Å². The minimum Gasteiger partial charge on any atom is -0.0622 e. The van der Waals surface area contributed by atoms with Crippen LogP contribution in [0.15, 0.2) is 84.9 Å². The van der Waals surface area contributed by atoms with Gasteiger partial charge in [-0.15, -0.1) is 0 Å². The third kappa shape index (κ3) is 2.09. The van der Waals surface area contributed by atoms with Gasteiger partial charge in [-0.3, -0.25) is 0 Å². The molecule has 0 amide bonds. The second-order valence-corrected chi connectivity index (χ2v) is 5.44. The van der Waals surface area contributed by atoms with Crippen LogP contribution in [0.4, 0.5) is 0 Å². The second-order valence-electron chi connectivity index (χ2n) is 5.44. The third-order valence-corrected chi connectivity index (χ3v) is 4.17. The molecule has 0 N–H and O–H groups in total. The van der Waals surface area contributed by atoms with E-state index in [1.54, 1.807) is 0 Å². The summed E-state index contributed by atoms with van der Waals surface area (Å²) in [7, 11) is 0. The standard InChI is InChI=1S/C21H16/c1-3-9-16(10-4-1)20-15-18-13-7-8-14-19(18)21(20)17-11-5-2-6-12-17/h1-15,21H. The van der Waals surface area contributed by atoms with Crippen LogP contribution in [-0.4, -0.2) is 0 Å². The molecule has 3 aromatic carbocycles. The summed E-state index contributed by atoms with van der Waals surface area (Å²) in [4.78, 5) is 0. The molecule has 1 unspecified atom stereocenters. The minimum absolute atomic E-state index is 0.338. The summed E-state index contributed by atoms with van der Waals surface area (Å²) in [6.45, 7) is 0. The van der Waals surface area contributed by atoms with Gasteiger partial charge < -0.3 is 0 Å². The number of hydrogen-bond acceptors (Lipinski definition) is 0. The highest BCUT2D eigenvalue weighted by molar-refractivity contribution is 5.93. The van der Waals surface area contributed by atoms with Crippen LogP contribution in [0.1, 0.15) is 28.2 Å². The fraction of sp³-hybridized carbons (Fsp3) is 0.0476. The lowest BCUT2D eigenvalue weighted by Crippen LogP contribution is -2.00. The van der Waals surface area contributed by atoms with Crippen LogP contribution in [0, 0.1) is 0 Å². The molecule has 0 aromatic heterocycles. The van der Waals surface area contributed by atoms with Gasteiger partial charge in [-0.05, 0) is 33.9 Å². The number of rotatable bonds is 2. The largest absolute Gasteiger partial charge is 0.0622 e. The summed E-state index contributed by atoms with van der Waals surface area (Å²) < 4.78 is 0. The molecule has 1 atom stereocenters. The first kappa shape index (κ1) is 12.2. The lowest BCUT2D eigenvalue weighted by Gasteiger charge is -2.18. The predicted octanol–water partition coefficient (Wildman–Crippen LogP) is 5.37. The summed E-state index contributed by atoms with van der Waals surface area (Å²) in [6, 6.07) is 30.2. The molecule has 0 saturated heterocycles. The van der Waals surface area contributed by atoms with Gasteiger partial charge in [0.15, 0.2) is 0 Å². The average molecular weight is 268 g/mol. The zero-order valence-corrected chi connectivity index (χ0v) is 11.7. The first-order valence-electron chi connectivity index (χ1n) is 7.34. The Morgan fingerprint density at radius 3 is 1.95 bits per heavy atom. The van der Waals surface area contributed by atoms with Gasteiger partial charge in [0.05, 0.1) is 0 Å². The van der Waals surface area contributed by atoms with Gasteiger partial charge in [-0.2, -0.15) is 0 Å². The molecule has 0 radical (unpaired) electrons. The van der Waals surface area contributed by atoms with Gasteiger partial charge in [0, 0.05) is 5.92 Å².